The van der Waals surface area contributed by atoms with Crippen LogP contribution in [-0.4, -0.2) is 35.7 Å². The maximum absolute atomic E-state index is 12.0. The minimum Gasteiger partial charge on any atom is -0.396 e. The predicted molar refractivity (Wildman–Crippen MR) is 75.1 cm³/mol. The number of aliphatic hydroxyl groups is 1. The topological polar surface area (TPSA) is 49.3 Å². The lowest BCUT2D eigenvalue weighted by Gasteiger charge is -2.15. The number of amides is 1. The summed E-state index contributed by atoms with van der Waals surface area (Å²) in [6.45, 7) is 4.13. The number of thioether (sulfide) groups is 1. The van der Waals surface area contributed by atoms with E-state index in [0.717, 1.165) is 16.2 Å². The number of thiophene rings is 1. The molecular weight excluding hydrogens is 254 g/mol. The summed E-state index contributed by atoms with van der Waals surface area (Å²) in [4.78, 5) is 13.9. The van der Waals surface area contributed by atoms with Crippen LogP contribution in [0.25, 0.3) is 0 Å². The van der Waals surface area contributed by atoms with Crippen LogP contribution in [0.1, 0.15) is 26.5 Å². The fourth-order valence-corrected chi connectivity index (χ4v) is 3.09. The second kappa shape index (κ2) is 7.03. The number of rotatable bonds is 6. The van der Waals surface area contributed by atoms with Crippen LogP contribution in [-0.2, 0) is 0 Å². The Hall–Kier alpha value is -0.520. The van der Waals surface area contributed by atoms with E-state index in [4.69, 9.17) is 5.11 Å². The number of aryl methyl sites for hydroxylation is 2. The molecule has 1 aromatic heterocycles. The third-order valence-corrected chi connectivity index (χ3v) is 4.46. The van der Waals surface area contributed by atoms with Gasteiger partial charge >= 0.3 is 0 Å². The summed E-state index contributed by atoms with van der Waals surface area (Å²) in [6.07, 6.45) is 2.60. The third-order valence-electron chi connectivity index (χ3n) is 2.57. The molecule has 17 heavy (non-hydrogen) atoms. The highest BCUT2D eigenvalue weighted by atomic mass is 32.2. The molecule has 5 heteroatoms. The molecule has 2 N–H and O–H groups in total. The van der Waals surface area contributed by atoms with Crippen molar-refractivity contribution in [1.82, 2.24) is 5.32 Å². The molecule has 96 valence electrons. The lowest BCUT2D eigenvalue weighted by atomic mass is 10.2. The van der Waals surface area contributed by atoms with Gasteiger partial charge in [0.15, 0.2) is 0 Å². The van der Waals surface area contributed by atoms with E-state index in [1.165, 1.54) is 16.2 Å². The molecule has 1 rings (SSSR count). The molecule has 1 aromatic rings. The van der Waals surface area contributed by atoms with Crippen LogP contribution in [0.5, 0.6) is 0 Å². The molecule has 0 aliphatic heterocycles. The Labute approximate surface area is 111 Å². The molecule has 1 unspecified atom stereocenters. The summed E-state index contributed by atoms with van der Waals surface area (Å²) < 4.78 is 0. The van der Waals surface area contributed by atoms with Gasteiger partial charge in [0.25, 0.3) is 5.91 Å². The fourth-order valence-electron chi connectivity index (χ4n) is 1.50. The standard InChI is InChI=1S/C12H19NO2S2/c1-8-6-11(17-9(8)2)12(15)13-10(4-5-14)7-16-3/h6,10,14H,4-5,7H2,1-3H3,(H,13,15). The molecule has 0 spiro atoms. The van der Waals surface area contributed by atoms with Crippen LogP contribution in [0.4, 0.5) is 0 Å². The molecular formula is C12H19NO2S2. The van der Waals surface area contributed by atoms with Crippen LogP contribution in [0.3, 0.4) is 0 Å². The Bertz CT molecular complexity index is 351. The lowest BCUT2D eigenvalue weighted by Crippen LogP contribution is -2.36. The van der Waals surface area contributed by atoms with Crippen molar-refractivity contribution in [3.05, 3.63) is 21.4 Å². The maximum atomic E-state index is 12.0. The number of nitrogens with one attached hydrogen (secondary N) is 1. The van der Waals surface area contributed by atoms with E-state index >= 15 is 0 Å². The Morgan fingerprint density at radius 3 is 2.76 bits per heavy atom. The normalized spacial score (nSPS) is 12.5. The fraction of sp³-hybridized carbons (Fsp3) is 0.583. The van der Waals surface area contributed by atoms with Crippen molar-refractivity contribution in [2.75, 3.05) is 18.6 Å². The van der Waals surface area contributed by atoms with Crippen molar-refractivity contribution < 1.29 is 9.90 Å². The molecule has 0 saturated heterocycles. The zero-order valence-electron chi connectivity index (χ0n) is 10.4. The first kappa shape index (κ1) is 14.5. The molecule has 0 saturated carbocycles. The smallest absolute Gasteiger partial charge is 0.261 e. The van der Waals surface area contributed by atoms with Gasteiger partial charge in [0.1, 0.15) is 0 Å². The summed E-state index contributed by atoms with van der Waals surface area (Å²) in [5.41, 5.74) is 1.16. The molecule has 0 aliphatic carbocycles. The van der Waals surface area contributed by atoms with Gasteiger partial charge in [-0.3, -0.25) is 4.79 Å². The van der Waals surface area contributed by atoms with Crippen molar-refractivity contribution in [3.8, 4) is 0 Å². The summed E-state index contributed by atoms with van der Waals surface area (Å²) in [5, 5.41) is 11.9. The second-order valence-electron chi connectivity index (χ2n) is 3.99. The molecule has 0 aromatic carbocycles. The lowest BCUT2D eigenvalue weighted by molar-refractivity contribution is 0.0939. The predicted octanol–water partition coefficient (Wildman–Crippen LogP) is 2.21. The number of aliphatic hydroxyl groups excluding tert-OH is 1. The van der Waals surface area contributed by atoms with Gasteiger partial charge in [-0.2, -0.15) is 11.8 Å². The summed E-state index contributed by atoms with van der Waals surface area (Å²) in [7, 11) is 0. The molecule has 3 nitrogen and oxygen atoms in total. The van der Waals surface area contributed by atoms with E-state index in [-0.39, 0.29) is 18.6 Å². The van der Waals surface area contributed by atoms with Gasteiger partial charge in [-0.05, 0) is 38.2 Å². The van der Waals surface area contributed by atoms with Crippen LogP contribution in [0.2, 0.25) is 0 Å². The number of carbonyl (C=O) groups is 1. The van der Waals surface area contributed by atoms with E-state index in [9.17, 15) is 4.79 Å². The largest absolute Gasteiger partial charge is 0.396 e. The van der Waals surface area contributed by atoms with Crippen molar-refractivity contribution in [2.24, 2.45) is 0 Å². The Morgan fingerprint density at radius 2 is 2.29 bits per heavy atom. The SMILES string of the molecule is CSCC(CCO)NC(=O)c1cc(C)c(C)s1. The number of hydrogen-bond donors (Lipinski definition) is 2. The van der Waals surface area contributed by atoms with Crippen molar-refractivity contribution >= 4 is 29.0 Å². The second-order valence-corrected chi connectivity index (χ2v) is 6.15. The average molecular weight is 273 g/mol. The molecule has 0 radical (unpaired) electrons. The van der Waals surface area contributed by atoms with Gasteiger partial charge in [-0.25, -0.2) is 0 Å². The Balaban J connectivity index is 2.63. The monoisotopic (exact) mass is 273 g/mol. The van der Waals surface area contributed by atoms with Crippen molar-refractivity contribution in [3.63, 3.8) is 0 Å². The minimum atomic E-state index is -0.0290. The van der Waals surface area contributed by atoms with Gasteiger partial charge in [0.05, 0.1) is 4.88 Å². The first-order chi connectivity index (χ1) is 8.08. The Morgan fingerprint density at radius 1 is 1.59 bits per heavy atom. The van der Waals surface area contributed by atoms with Gasteiger partial charge in [0.2, 0.25) is 0 Å². The highest BCUT2D eigenvalue weighted by molar-refractivity contribution is 7.98. The quantitative estimate of drug-likeness (QED) is 0.835. The summed E-state index contributed by atoms with van der Waals surface area (Å²) in [5.74, 6) is 0.800. The van der Waals surface area contributed by atoms with Gasteiger partial charge in [-0.15, -0.1) is 11.3 Å². The van der Waals surface area contributed by atoms with Crippen LogP contribution >= 0.6 is 23.1 Å². The summed E-state index contributed by atoms with van der Waals surface area (Å²) in [6, 6.07) is 1.97. The van der Waals surface area contributed by atoms with E-state index in [0.29, 0.717) is 6.42 Å². The molecule has 0 aliphatic rings. The van der Waals surface area contributed by atoms with Crippen LogP contribution < -0.4 is 5.32 Å². The van der Waals surface area contributed by atoms with Crippen LogP contribution in [0, 0.1) is 13.8 Å². The van der Waals surface area contributed by atoms with Crippen molar-refractivity contribution in [2.45, 2.75) is 26.3 Å². The highest BCUT2D eigenvalue weighted by Gasteiger charge is 2.15. The van der Waals surface area contributed by atoms with Gasteiger partial charge < -0.3 is 10.4 Å². The van der Waals surface area contributed by atoms with Gasteiger partial charge in [-0.1, -0.05) is 0 Å². The highest BCUT2D eigenvalue weighted by Crippen LogP contribution is 2.20. The van der Waals surface area contributed by atoms with E-state index < -0.39 is 0 Å². The average Bonchev–Trinajstić information content (AvgIpc) is 2.60. The molecule has 1 heterocycles. The molecule has 1 atom stereocenters. The number of carbonyl (C=O) groups excluding carboxylic acids is 1. The number of hydrogen-bond acceptors (Lipinski definition) is 4. The van der Waals surface area contributed by atoms with Crippen LogP contribution in [0.15, 0.2) is 6.07 Å². The maximum Gasteiger partial charge on any atom is 0.261 e. The molecule has 0 fully saturated rings. The zero-order chi connectivity index (χ0) is 12.8. The molecule has 0 bridgehead atoms. The van der Waals surface area contributed by atoms with Gasteiger partial charge in [0, 0.05) is 23.3 Å². The first-order valence-electron chi connectivity index (χ1n) is 5.56. The van der Waals surface area contributed by atoms with E-state index in [1.807, 2.05) is 26.2 Å². The minimum absolute atomic E-state index is 0.0290. The van der Waals surface area contributed by atoms with E-state index in [2.05, 4.69) is 5.32 Å². The van der Waals surface area contributed by atoms with E-state index in [1.54, 1.807) is 11.8 Å². The third kappa shape index (κ3) is 4.33. The zero-order valence-corrected chi connectivity index (χ0v) is 12.1. The summed E-state index contributed by atoms with van der Waals surface area (Å²) >= 11 is 3.19. The van der Waals surface area contributed by atoms with Crippen molar-refractivity contribution in [1.29, 1.82) is 0 Å². The first-order valence-corrected chi connectivity index (χ1v) is 7.77. The Kier molecular flexibility index (Phi) is 6.02. The molecule has 1 amide bonds.